The molecular weight excluding hydrogens is 210 g/mol. The van der Waals surface area contributed by atoms with Crippen molar-refractivity contribution < 1.29 is 5.11 Å². The summed E-state index contributed by atoms with van der Waals surface area (Å²) in [5, 5.41) is 19.5. The van der Waals surface area contributed by atoms with E-state index in [9.17, 15) is 5.11 Å². The van der Waals surface area contributed by atoms with Crippen LogP contribution in [0.25, 0.3) is 0 Å². The van der Waals surface area contributed by atoms with Crippen LogP contribution < -0.4 is 0 Å². The van der Waals surface area contributed by atoms with Crippen LogP contribution in [0.4, 0.5) is 0 Å². The third-order valence-corrected chi connectivity index (χ3v) is 2.61. The Labute approximate surface area is 95.1 Å². The molecule has 3 heteroatoms. The number of halogens is 1. The van der Waals surface area contributed by atoms with E-state index in [1.54, 1.807) is 24.3 Å². The summed E-state index contributed by atoms with van der Waals surface area (Å²) in [5.41, 5.74) is 0.749. The van der Waals surface area contributed by atoms with Crippen LogP contribution in [0.2, 0.25) is 5.02 Å². The molecule has 0 bridgehead atoms. The molecule has 0 aliphatic rings. The Bertz CT molecular complexity index is 342. The van der Waals surface area contributed by atoms with Crippen LogP contribution in [0.5, 0.6) is 0 Å². The second kappa shape index (κ2) is 5.75. The first-order chi connectivity index (χ1) is 7.19. The number of nitrogens with zero attached hydrogens (tertiary/aromatic N) is 1. The third-order valence-electron chi connectivity index (χ3n) is 2.36. The van der Waals surface area contributed by atoms with E-state index in [1.165, 1.54) is 0 Å². The summed E-state index contributed by atoms with van der Waals surface area (Å²) in [6.07, 6.45) is 0.885. The molecule has 2 unspecified atom stereocenters. The van der Waals surface area contributed by atoms with Crippen LogP contribution in [0.1, 0.15) is 31.4 Å². The van der Waals surface area contributed by atoms with Crippen molar-refractivity contribution in [2.45, 2.75) is 25.9 Å². The Morgan fingerprint density at radius 2 is 2.00 bits per heavy atom. The molecule has 2 nitrogen and oxygen atoms in total. The van der Waals surface area contributed by atoms with Gasteiger partial charge in [0.05, 0.1) is 18.1 Å². The number of hydrogen-bond donors (Lipinski definition) is 1. The predicted molar refractivity (Wildman–Crippen MR) is 60.4 cm³/mol. The highest BCUT2D eigenvalue weighted by atomic mass is 35.5. The van der Waals surface area contributed by atoms with Gasteiger partial charge >= 0.3 is 0 Å². The molecule has 0 saturated heterocycles. The molecule has 2 atom stereocenters. The van der Waals surface area contributed by atoms with Gasteiger partial charge in [-0.15, -0.1) is 0 Å². The largest absolute Gasteiger partial charge is 0.387 e. The van der Waals surface area contributed by atoms with E-state index >= 15 is 0 Å². The minimum Gasteiger partial charge on any atom is -0.387 e. The summed E-state index contributed by atoms with van der Waals surface area (Å²) in [6.45, 7) is 2.00. The Morgan fingerprint density at radius 1 is 1.40 bits per heavy atom. The van der Waals surface area contributed by atoms with Gasteiger partial charge < -0.3 is 5.11 Å². The lowest BCUT2D eigenvalue weighted by atomic mass is 9.93. The first kappa shape index (κ1) is 12.0. The summed E-state index contributed by atoms with van der Waals surface area (Å²) < 4.78 is 0. The van der Waals surface area contributed by atoms with Crippen molar-refractivity contribution in [1.82, 2.24) is 0 Å². The molecule has 1 aromatic rings. The second-order valence-electron chi connectivity index (χ2n) is 3.52. The highest BCUT2D eigenvalue weighted by Crippen LogP contribution is 2.26. The summed E-state index contributed by atoms with van der Waals surface area (Å²) in [4.78, 5) is 0. The fourth-order valence-electron chi connectivity index (χ4n) is 1.50. The van der Waals surface area contributed by atoms with Crippen molar-refractivity contribution in [1.29, 1.82) is 5.26 Å². The van der Waals surface area contributed by atoms with Crippen molar-refractivity contribution in [2.24, 2.45) is 5.92 Å². The van der Waals surface area contributed by atoms with Crippen molar-refractivity contribution in [2.75, 3.05) is 0 Å². The Hall–Kier alpha value is -1.04. The van der Waals surface area contributed by atoms with Crippen LogP contribution in [-0.2, 0) is 0 Å². The number of hydrogen-bond acceptors (Lipinski definition) is 2. The third kappa shape index (κ3) is 3.23. The summed E-state index contributed by atoms with van der Waals surface area (Å²) in [5.74, 6) is -0.337. The smallest absolute Gasteiger partial charge is 0.0948 e. The normalized spacial score (nSPS) is 14.3. The Balaban J connectivity index is 2.79. The lowest BCUT2D eigenvalue weighted by Gasteiger charge is -2.16. The molecule has 0 saturated carbocycles. The van der Waals surface area contributed by atoms with Gasteiger partial charge in [-0.2, -0.15) is 5.26 Å². The lowest BCUT2D eigenvalue weighted by Crippen LogP contribution is -2.10. The maximum absolute atomic E-state index is 9.94. The molecular formula is C12H14ClNO. The fourth-order valence-corrected chi connectivity index (χ4v) is 1.62. The zero-order valence-corrected chi connectivity index (χ0v) is 9.41. The molecule has 0 aliphatic carbocycles. The minimum absolute atomic E-state index is 0.337. The summed E-state index contributed by atoms with van der Waals surface area (Å²) >= 11 is 5.74. The molecule has 80 valence electrons. The van der Waals surface area contributed by atoms with Crippen LogP contribution in [0.3, 0.4) is 0 Å². The van der Waals surface area contributed by atoms with Crippen LogP contribution in [-0.4, -0.2) is 5.11 Å². The molecule has 0 fully saturated rings. The van der Waals surface area contributed by atoms with Gasteiger partial charge in [-0.05, 0) is 24.1 Å². The maximum Gasteiger partial charge on any atom is 0.0948 e. The Morgan fingerprint density at radius 3 is 2.47 bits per heavy atom. The number of nitriles is 1. The lowest BCUT2D eigenvalue weighted by molar-refractivity contribution is 0.130. The zero-order valence-electron chi connectivity index (χ0n) is 8.65. The van der Waals surface area contributed by atoms with Gasteiger partial charge in [-0.3, -0.25) is 0 Å². The van der Waals surface area contributed by atoms with Gasteiger partial charge in [0.1, 0.15) is 0 Å². The van der Waals surface area contributed by atoms with E-state index < -0.39 is 6.10 Å². The number of benzene rings is 1. The monoisotopic (exact) mass is 223 g/mol. The molecule has 0 radical (unpaired) electrons. The highest BCUT2D eigenvalue weighted by Gasteiger charge is 2.19. The van der Waals surface area contributed by atoms with Crippen LogP contribution in [0.15, 0.2) is 24.3 Å². The van der Waals surface area contributed by atoms with E-state index in [-0.39, 0.29) is 5.92 Å². The first-order valence-electron chi connectivity index (χ1n) is 5.02. The topological polar surface area (TPSA) is 44.0 Å². The predicted octanol–water partition coefficient (Wildman–Crippen LogP) is 3.31. The van der Waals surface area contributed by atoms with E-state index in [4.69, 9.17) is 16.9 Å². The van der Waals surface area contributed by atoms with Crippen LogP contribution in [0, 0.1) is 17.2 Å². The maximum atomic E-state index is 9.94. The molecule has 0 heterocycles. The standard InChI is InChI=1S/C12H14ClNO/c1-2-3-10(8-14)12(15)9-4-6-11(13)7-5-9/h4-7,10,12,15H,2-3H2,1H3. The van der Waals surface area contributed by atoms with Crippen LogP contribution >= 0.6 is 11.6 Å². The average molecular weight is 224 g/mol. The molecule has 0 aromatic heterocycles. The molecule has 0 spiro atoms. The molecule has 0 amide bonds. The fraction of sp³-hybridized carbons (Fsp3) is 0.417. The van der Waals surface area contributed by atoms with E-state index in [2.05, 4.69) is 6.07 Å². The number of rotatable bonds is 4. The molecule has 1 N–H and O–H groups in total. The van der Waals surface area contributed by atoms with Gasteiger partial charge in [0, 0.05) is 5.02 Å². The molecule has 0 aliphatic heterocycles. The Kier molecular flexibility index (Phi) is 4.61. The molecule has 1 aromatic carbocycles. The van der Waals surface area contributed by atoms with Crippen molar-refractivity contribution >= 4 is 11.6 Å². The van der Waals surface area contributed by atoms with E-state index in [0.717, 1.165) is 12.0 Å². The molecule has 1 rings (SSSR count). The second-order valence-corrected chi connectivity index (χ2v) is 3.96. The van der Waals surface area contributed by atoms with Gasteiger partial charge in [0.15, 0.2) is 0 Å². The quantitative estimate of drug-likeness (QED) is 0.851. The number of aliphatic hydroxyl groups is 1. The average Bonchev–Trinajstić information content (AvgIpc) is 2.26. The van der Waals surface area contributed by atoms with E-state index in [0.29, 0.717) is 11.4 Å². The van der Waals surface area contributed by atoms with E-state index in [1.807, 2.05) is 6.92 Å². The molecule has 15 heavy (non-hydrogen) atoms. The first-order valence-corrected chi connectivity index (χ1v) is 5.40. The van der Waals surface area contributed by atoms with Crippen molar-refractivity contribution in [3.05, 3.63) is 34.9 Å². The highest BCUT2D eigenvalue weighted by molar-refractivity contribution is 6.30. The van der Waals surface area contributed by atoms with Crippen molar-refractivity contribution in [3.8, 4) is 6.07 Å². The number of aliphatic hydroxyl groups excluding tert-OH is 1. The summed E-state index contributed by atoms with van der Waals surface area (Å²) in [6, 6.07) is 9.09. The van der Waals surface area contributed by atoms with Gasteiger partial charge in [-0.25, -0.2) is 0 Å². The minimum atomic E-state index is -0.716. The van der Waals surface area contributed by atoms with Crippen molar-refractivity contribution in [3.63, 3.8) is 0 Å². The zero-order chi connectivity index (χ0) is 11.3. The van der Waals surface area contributed by atoms with Gasteiger partial charge in [0.2, 0.25) is 0 Å². The van der Waals surface area contributed by atoms with Gasteiger partial charge in [0.25, 0.3) is 0 Å². The van der Waals surface area contributed by atoms with Gasteiger partial charge in [-0.1, -0.05) is 37.1 Å². The summed E-state index contributed by atoms with van der Waals surface area (Å²) in [7, 11) is 0. The SMILES string of the molecule is CCCC(C#N)C(O)c1ccc(Cl)cc1.